The Bertz CT molecular complexity index is 909. The Balaban J connectivity index is 1.86. The van der Waals surface area contributed by atoms with Crippen molar-refractivity contribution in [3.63, 3.8) is 0 Å². The van der Waals surface area contributed by atoms with Gasteiger partial charge >= 0.3 is 0 Å². The Morgan fingerprint density at radius 3 is 2.57 bits per heavy atom. The van der Waals surface area contributed by atoms with Crippen molar-refractivity contribution in [2.45, 2.75) is 0 Å². The molecule has 0 aliphatic carbocycles. The van der Waals surface area contributed by atoms with Crippen molar-refractivity contribution in [2.24, 2.45) is 0 Å². The van der Waals surface area contributed by atoms with Gasteiger partial charge in [0.05, 0.1) is 17.3 Å². The molecule has 0 saturated heterocycles. The van der Waals surface area contributed by atoms with Gasteiger partial charge in [-0.3, -0.25) is 0 Å². The minimum atomic E-state index is 0.884. The lowest BCUT2D eigenvalue weighted by molar-refractivity contribution is 0.415. The first-order valence-electron chi connectivity index (χ1n) is 6.77. The van der Waals surface area contributed by atoms with Gasteiger partial charge in [-0.15, -0.1) is 11.3 Å². The van der Waals surface area contributed by atoms with E-state index in [1.165, 1.54) is 15.5 Å². The van der Waals surface area contributed by atoms with E-state index in [1.54, 1.807) is 18.4 Å². The molecule has 1 heterocycles. The van der Waals surface area contributed by atoms with Crippen LogP contribution in [0.2, 0.25) is 0 Å². The third-order valence-corrected chi connectivity index (χ3v) is 4.67. The number of nitrogens with zero attached hydrogens (tertiary/aromatic N) is 1. The molecule has 21 heavy (non-hydrogen) atoms. The largest absolute Gasteiger partial charge is 0.497 e. The van der Waals surface area contributed by atoms with Gasteiger partial charge in [-0.25, -0.2) is 4.98 Å². The first kappa shape index (κ1) is 12.4. The highest BCUT2D eigenvalue weighted by Crippen LogP contribution is 2.32. The standard InChI is InChI=1S/C18H13NOS/c1-20-15-9-8-12-10-14(7-6-13(12)11-15)18-19-16-4-2-3-5-17(16)21-18/h2-11H,1H3. The molecule has 3 heteroatoms. The van der Waals surface area contributed by atoms with E-state index in [-0.39, 0.29) is 0 Å². The lowest BCUT2D eigenvalue weighted by Crippen LogP contribution is -1.83. The summed E-state index contributed by atoms with van der Waals surface area (Å²) in [4.78, 5) is 4.72. The number of hydrogen-bond donors (Lipinski definition) is 0. The predicted molar refractivity (Wildman–Crippen MR) is 89.1 cm³/mol. The Labute approximate surface area is 126 Å². The average Bonchev–Trinajstić information content (AvgIpc) is 2.98. The highest BCUT2D eigenvalue weighted by Gasteiger charge is 2.06. The first-order chi connectivity index (χ1) is 10.3. The molecule has 102 valence electrons. The molecule has 0 saturated carbocycles. The van der Waals surface area contributed by atoms with Crippen LogP contribution in [0.1, 0.15) is 0 Å². The zero-order chi connectivity index (χ0) is 14.2. The smallest absolute Gasteiger partial charge is 0.124 e. The summed E-state index contributed by atoms with van der Waals surface area (Å²) in [5.41, 5.74) is 2.22. The van der Waals surface area contributed by atoms with Crippen molar-refractivity contribution >= 4 is 32.3 Å². The van der Waals surface area contributed by atoms with E-state index in [0.717, 1.165) is 21.8 Å². The molecule has 1 aromatic heterocycles. The van der Waals surface area contributed by atoms with E-state index in [2.05, 4.69) is 48.5 Å². The van der Waals surface area contributed by atoms with E-state index in [9.17, 15) is 0 Å². The highest BCUT2D eigenvalue weighted by atomic mass is 32.1. The Morgan fingerprint density at radius 2 is 1.71 bits per heavy atom. The number of methoxy groups -OCH3 is 1. The van der Waals surface area contributed by atoms with Gasteiger partial charge in [-0.1, -0.05) is 30.3 Å². The number of para-hydroxylation sites is 1. The molecule has 0 N–H and O–H groups in total. The summed E-state index contributed by atoms with van der Waals surface area (Å²) >= 11 is 1.73. The summed E-state index contributed by atoms with van der Waals surface area (Å²) in [7, 11) is 1.69. The molecule has 0 aliphatic rings. The zero-order valence-electron chi connectivity index (χ0n) is 11.5. The van der Waals surface area contributed by atoms with Crippen molar-refractivity contribution in [3.8, 4) is 16.3 Å². The Kier molecular flexibility index (Phi) is 2.86. The third-order valence-electron chi connectivity index (χ3n) is 3.59. The van der Waals surface area contributed by atoms with Crippen LogP contribution in [-0.4, -0.2) is 12.1 Å². The summed E-state index contributed by atoms with van der Waals surface area (Å²) < 4.78 is 6.49. The fourth-order valence-corrected chi connectivity index (χ4v) is 3.44. The van der Waals surface area contributed by atoms with Crippen LogP contribution in [-0.2, 0) is 0 Å². The topological polar surface area (TPSA) is 22.1 Å². The van der Waals surface area contributed by atoms with Gasteiger partial charge in [0.1, 0.15) is 10.8 Å². The first-order valence-corrected chi connectivity index (χ1v) is 7.59. The monoisotopic (exact) mass is 291 g/mol. The molecular formula is C18H13NOS. The summed E-state index contributed by atoms with van der Waals surface area (Å²) in [6.07, 6.45) is 0. The van der Waals surface area contributed by atoms with E-state index < -0.39 is 0 Å². The van der Waals surface area contributed by atoms with Crippen LogP contribution in [0.15, 0.2) is 60.7 Å². The maximum absolute atomic E-state index is 5.27. The second-order valence-corrected chi connectivity index (χ2v) is 5.95. The minimum Gasteiger partial charge on any atom is -0.497 e. The number of ether oxygens (including phenoxy) is 1. The summed E-state index contributed by atoms with van der Waals surface area (Å²) in [5, 5.41) is 3.45. The third kappa shape index (κ3) is 2.16. The average molecular weight is 291 g/mol. The molecular weight excluding hydrogens is 278 g/mol. The quantitative estimate of drug-likeness (QED) is 0.511. The van der Waals surface area contributed by atoms with Gasteiger partial charge in [0, 0.05) is 5.56 Å². The molecule has 0 atom stereocenters. The number of thiazole rings is 1. The second kappa shape index (κ2) is 4.86. The number of fused-ring (bicyclic) bond motifs is 2. The normalized spacial score (nSPS) is 11.1. The molecule has 0 fully saturated rings. The van der Waals surface area contributed by atoms with E-state index in [1.807, 2.05) is 12.1 Å². The van der Waals surface area contributed by atoms with Crippen LogP contribution in [0.3, 0.4) is 0 Å². The molecule has 0 unspecified atom stereocenters. The van der Waals surface area contributed by atoms with Gasteiger partial charge in [0.15, 0.2) is 0 Å². The van der Waals surface area contributed by atoms with Crippen molar-refractivity contribution in [1.82, 2.24) is 4.98 Å². The SMILES string of the molecule is COc1ccc2cc(-c3nc4ccccc4s3)ccc2c1. The van der Waals surface area contributed by atoms with Gasteiger partial charge in [-0.05, 0) is 41.1 Å². The molecule has 2 nitrogen and oxygen atoms in total. The van der Waals surface area contributed by atoms with E-state index in [0.29, 0.717) is 0 Å². The van der Waals surface area contributed by atoms with Crippen LogP contribution in [0.4, 0.5) is 0 Å². The van der Waals surface area contributed by atoms with Gasteiger partial charge < -0.3 is 4.74 Å². The molecule has 0 spiro atoms. The molecule has 0 amide bonds. The lowest BCUT2D eigenvalue weighted by atomic mass is 10.1. The summed E-state index contributed by atoms with van der Waals surface area (Å²) in [5.74, 6) is 0.884. The fourth-order valence-electron chi connectivity index (χ4n) is 2.48. The van der Waals surface area contributed by atoms with Crippen molar-refractivity contribution in [3.05, 3.63) is 60.7 Å². The van der Waals surface area contributed by atoms with Gasteiger partial charge in [0.25, 0.3) is 0 Å². The molecule has 3 aromatic carbocycles. The number of hydrogen-bond acceptors (Lipinski definition) is 3. The van der Waals surface area contributed by atoms with Crippen LogP contribution in [0, 0.1) is 0 Å². The summed E-state index contributed by atoms with van der Waals surface area (Å²) in [6, 6.07) is 20.8. The molecule has 4 aromatic rings. The lowest BCUT2D eigenvalue weighted by Gasteiger charge is -2.04. The molecule has 4 rings (SSSR count). The predicted octanol–water partition coefficient (Wildman–Crippen LogP) is 5.13. The van der Waals surface area contributed by atoms with Gasteiger partial charge in [0.2, 0.25) is 0 Å². The molecule has 0 radical (unpaired) electrons. The number of aromatic nitrogens is 1. The van der Waals surface area contributed by atoms with Crippen LogP contribution >= 0.6 is 11.3 Å². The number of rotatable bonds is 2. The van der Waals surface area contributed by atoms with Crippen LogP contribution in [0.5, 0.6) is 5.75 Å². The Morgan fingerprint density at radius 1 is 0.905 bits per heavy atom. The van der Waals surface area contributed by atoms with Crippen LogP contribution < -0.4 is 4.74 Å². The van der Waals surface area contributed by atoms with E-state index >= 15 is 0 Å². The maximum atomic E-state index is 5.27. The second-order valence-electron chi connectivity index (χ2n) is 4.91. The van der Waals surface area contributed by atoms with Gasteiger partial charge in [-0.2, -0.15) is 0 Å². The maximum Gasteiger partial charge on any atom is 0.124 e. The zero-order valence-corrected chi connectivity index (χ0v) is 12.4. The van der Waals surface area contributed by atoms with Crippen molar-refractivity contribution < 1.29 is 4.74 Å². The van der Waals surface area contributed by atoms with Crippen molar-refractivity contribution in [2.75, 3.05) is 7.11 Å². The van der Waals surface area contributed by atoms with E-state index in [4.69, 9.17) is 9.72 Å². The van der Waals surface area contributed by atoms with Crippen LogP contribution in [0.25, 0.3) is 31.6 Å². The fraction of sp³-hybridized carbons (Fsp3) is 0.0556. The molecule has 0 aliphatic heterocycles. The highest BCUT2D eigenvalue weighted by molar-refractivity contribution is 7.21. The molecule has 0 bridgehead atoms. The Hall–Kier alpha value is -2.39. The van der Waals surface area contributed by atoms with Crippen molar-refractivity contribution in [1.29, 1.82) is 0 Å². The summed E-state index contributed by atoms with van der Waals surface area (Å²) in [6.45, 7) is 0. The minimum absolute atomic E-state index is 0.884. The number of benzene rings is 3.